The molecule has 2 aromatic rings. The van der Waals surface area contributed by atoms with E-state index in [1.54, 1.807) is 6.07 Å². The third kappa shape index (κ3) is 5.64. The molecule has 2 aromatic carbocycles. The van der Waals surface area contributed by atoms with E-state index in [0.717, 1.165) is 35.3 Å². The van der Waals surface area contributed by atoms with Crippen LogP contribution in [0.1, 0.15) is 79.5 Å². The smallest absolute Gasteiger partial charge is 0.126 e. The zero-order valence-corrected chi connectivity index (χ0v) is 18.7. The lowest BCUT2D eigenvalue weighted by Gasteiger charge is -2.37. The molecule has 0 atom stereocenters. The third-order valence-electron chi connectivity index (χ3n) is 8.00. The topological polar surface area (TPSA) is 0 Å². The summed E-state index contributed by atoms with van der Waals surface area (Å²) in [5.41, 5.74) is 3.79. The Morgan fingerprint density at radius 2 is 1.39 bits per heavy atom. The number of alkyl halides is 1. The maximum absolute atomic E-state index is 14.8. The molecule has 0 aliphatic heterocycles. The lowest BCUT2D eigenvalue weighted by Crippen LogP contribution is -2.25. The highest BCUT2D eigenvalue weighted by atomic mass is 19.1. The molecule has 0 bridgehead atoms. The Morgan fingerprint density at radius 3 is 1.97 bits per heavy atom. The lowest BCUT2D eigenvalue weighted by molar-refractivity contribution is 0.171. The zero-order valence-electron chi connectivity index (χ0n) is 18.7. The second kappa shape index (κ2) is 10.6. The van der Waals surface area contributed by atoms with Crippen LogP contribution in [-0.4, -0.2) is 0 Å². The summed E-state index contributed by atoms with van der Waals surface area (Å²) in [4.78, 5) is 0. The van der Waals surface area contributed by atoms with E-state index < -0.39 is 6.67 Å². The van der Waals surface area contributed by atoms with Crippen LogP contribution >= 0.6 is 0 Å². The van der Waals surface area contributed by atoms with Gasteiger partial charge in [-0.3, -0.25) is 0 Å². The number of hydrogen-bond acceptors (Lipinski definition) is 0. The Bertz CT molecular complexity index is 838. The van der Waals surface area contributed by atoms with Crippen molar-refractivity contribution >= 4 is 0 Å². The fraction of sp³-hybridized carbons (Fsp3) is 0.517. The predicted molar refractivity (Wildman–Crippen MR) is 125 cm³/mol. The van der Waals surface area contributed by atoms with Crippen LogP contribution in [0.5, 0.6) is 0 Å². The second-order valence-electron chi connectivity index (χ2n) is 9.82. The van der Waals surface area contributed by atoms with Crippen LogP contribution in [0.15, 0.2) is 55.1 Å². The van der Waals surface area contributed by atoms with Crippen LogP contribution < -0.4 is 0 Å². The summed E-state index contributed by atoms with van der Waals surface area (Å²) in [6.07, 6.45) is 14.0. The Morgan fingerprint density at radius 1 is 0.774 bits per heavy atom. The van der Waals surface area contributed by atoms with Crippen molar-refractivity contribution in [2.75, 3.05) is 0 Å². The van der Waals surface area contributed by atoms with Crippen molar-refractivity contribution in [1.29, 1.82) is 0 Å². The van der Waals surface area contributed by atoms with Gasteiger partial charge in [-0.05, 0) is 116 Å². The minimum atomic E-state index is -0.436. The molecule has 2 heteroatoms. The molecule has 2 fully saturated rings. The van der Waals surface area contributed by atoms with Gasteiger partial charge in [0.1, 0.15) is 12.5 Å². The summed E-state index contributed by atoms with van der Waals surface area (Å²) in [6, 6.07) is 13.5. The van der Waals surface area contributed by atoms with Crippen LogP contribution in [0.2, 0.25) is 0 Å². The van der Waals surface area contributed by atoms with Crippen molar-refractivity contribution in [3.63, 3.8) is 0 Å². The van der Waals surface area contributed by atoms with Gasteiger partial charge in [0, 0.05) is 0 Å². The quantitative estimate of drug-likeness (QED) is 0.393. The van der Waals surface area contributed by atoms with Gasteiger partial charge in [0.05, 0.1) is 0 Å². The van der Waals surface area contributed by atoms with Crippen LogP contribution in [0.3, 0.4) is 0 Å². The number of allylic oxidation sites excluding steroid dienone is 1. The highest BCUT2D eigenvalue weighted by Crippen LogP contribution is 2.44. The average molecular weight is 423 g/mol. The molecule has 166 valence electrons. The number of hydrogen-bond donors (Lipinski definition) is 0. The molecule has 0 radical (unpaired) electrons. The first-order chi connectivity index (χ1) is 15.2. The van der Waals surface area contributed by atoms with E-state index >= 15 is 0 Å². The van der Waals surface area contributed by atoms with Crippen LogP contribution in [0.4, 0.5) is 8.78 Å². The van der Waals surface area contributed by atoms with Gasteiger partial charge in [-0.25, -0.2) is 8.78 Å². The first kappa shape index (κ1) is 22.2. The van der Waals surface area contributed by atoms with Crippen LogP contribution in [-0.2, 0) is 19.5 Å². The molecule has 31 heavy (non-hydrogen) atoms. The van der Waals surface area contributed by atoms with E-state index in [2.05, 4.69) is 18.7 Å². The Kier molecular flexibility index (Phi) is 7.58. The van der Waals surface area contributed by atoms with Crippen LogP contribution in [0, 0.1) is 23.6 Å². The number of aryl methyl sites for hydroxylation is 2. The maximum atomic E-state index is 14.8. The normalized spacial score (nSPS) is 26.5. The van der Waals surface area contributed by atoms with Gasteiger partial charge in [-0.2, -0.15) is 0 Å². The first-order valence-corrected chi connectivity index (χ1v) is 12.2. The van der Waals surface area contributed by atoms with Crippen LogP contribution in [0.25, 0.3) is 0 Å². The summed E-state index contributed by atoms with van der Waals surface area (Å²) < 4.78 is 27.4. The zero-order chi connectivity index (χ0) is 21.6. The number of rotatable bonds is 7. The van der Waals surface area contributed by atoms with Gasteiger partial charge in [0.25, 0.3) is 0 Å². The van der Waals surface area contributed by atoms with Crippen molar-refractivity contribution in [2.45, 2.75) is 76.8 Å². The molecule has 0 amide bonds. The molecular formula is C29H36F2. The van der Waals surface area contributed by atoms with Gasteiger partial charge in [0.2, 0.25) is 0 Å². The molecule has 0 spiro atoms. The second-order valence-corrected chi connectivity index (χ2v) is 9.82. The molecule has 0 N–H and O–H groups in total. The molecule has 0 saturated heterocycles. The van der Waals surface area contributed by atoms with Gasteiger partial charge < -0.3 is 0 Å². The highest BCUT2D eigenvalue weighted by molar-refractivity contribution is 5.29. The van der Waals surface area contributed by atoms with Gasteiger partial charge in [-0.15, -0.1) is 6.58 Å². The third-order valence-corrected chi connectivity index (χ3v) is 8.00. The van der Waals surface area contributed by atoms with Crippen molar-refractivity contribution in [3.05, 3.63) is 83.2 Å². The minimum absolute atomic E-state index is 0.0669. The number of benzene rings is 2. The Hall–Kier alpha value is -1.96. The molecule has 0 heterocycles. The highest BCUT2D eigenvalue weighted by Gasteiger charge is 2.30. The lowest BCUT2D eigenvalue weighted by atomic mass is 9.68. The molecular weight excluding hydrogens is 386 g/mol. The van der Waals surface area contributed by atoms with Crippen molar-refractivity contribution in [1.82, 2.24) is 0 Å². The Balaban J connectivity index is 1.28. The first-order valence-electron chi connectivity index (χ1n) is 12.2. The van der Waals surface area contributed by atoms with Gasteiger partial charge in [0.15, 0.2) is 0 Å². The molecule has 2 aliphatic rings. The van der Waals surface area contributed by atoms with Gasteiger partial charge in [-0.1, -0.05) is 42.5 Å². The van der Waals surface area contributed by atoms with E-state index in [9.17, 15) is 8.78 Å². The summed E-state index contributed by atoms with van der Waals surface area (Å²) in [7, 11) is 0. The molecule has 4 rings (SSSR count). The fourth-order valence-electron chi connectivity index (χ4n) is 5.87. The average Bonchev–Trinajstić information content (AvgIpc) is 2.84. The summed E-state index contributed by atoms with van der Waals surface area (Å²) in [6.45, 7) is 3.53. The summed E-state index contributed by atoms with van der Waals surface area (Å²) in [5, 5.41) is 0. The van der Waals surface area contributed by atoms with E-state index in [-0.39, 0.29) is 5.82 Å². The van der Waals surface area contributed by atoms with Crippen molar-refractivity contribution < 1.29 is 8.78 Å². The molecule has 2 aliphatic carbocycles. The molecule has 0 unspecified atom stereocenters. The predicted octanol–water partition coefficient (Wildman–Crippen LogP) is 8.35. The van der Waals surface area contributed by atoms with E-state index in [0.29, 0.717) is 17.9 Å². The monoisotopic (exact) mass is 422 g/mol. The maximum Gasteiger partial charge on any atom is 0.126 e. The van der Waals surface area contributed by atoms with Crippen molar-refractivity contribution in [3.8, 4) is 0 Å². The molecule has 0 aromatic heterocycles. The van der Waals surface area contributed by atoms with E-state index in [1.807, 2.05) is 30.3 Å². The minimum Gasteiger partial charge on any atom is -0.246 e. The largest absolute Gasteiger partial charge is 0.246 e. The summed E-state index contributed by atoms with van der Waals surface area (Å²) in [5.74, 6) is 2.95. The summed E-state index contributed by atoms with van der Waals surface area (Å²) >= 11 is 0. The molecule has 0 nitrogen and oxygen atoms in total. The SMILES string of the molecule is C=C[C@H]1CC[C@H]([C@H]2CC[C@H](c3ccc(CCc4ccc(CF)cc4)c(F)c3)CC2)CC1. The Labute approximate surface area is 186 Å². The van der Waals surface area contributed by atoms with E-state index in [4.69, 9.17) is 0 Å². The fourth-order valence-corrected chi connectivity index (χ4v) is 5.87. The molecule has 2 saturated carbocycles. The standard InChI is InChI=1S/C29H36F2/c1-2-21-7-10-24(11-8-21)25-13-15-26(16-14-25)28-18-17-27(29(31)19-28)12-9-22-3-5-23(20-30)6-4-22/h2-6,17-19,21,24-26H,1,7-16,20H2/t21-,24-,25-,26-. The van der Waals surface area contributed by atoms with E-state index in [1.165, 1.54) is 56.9 Å². The van der Waals surface area contributed by atoms with Crippen molar-refractivity contribution in [2.24, 2.45) is 17.8 Å². The number of halogens is 2. The van der Waals surface area contributed by atoms with Gasteiger partial charge >= 0.3 is 0 Å².